The zero-order valence-electron chi connectivity index (χ0n) is 19.4. The normalized spacial score (nSPS) is 13.5. The van der Waals surface area contributed by atoms with Crippen LogP contribution in [-0.4, -0.2) is 34.6 Å². The third-order valence-corrected chi connectivity index (χ3v) is 5.96. The van der Waals surface area contributed by atoms with E-state index in [9.17, 15) is 4.79 Å². The number of fused-ring (bicyclic) bond motifs is 1. The van der Waals surface area contributed by atoms with Crippen LogP contribution >= 0.6 is 0 Å². The summed E-state index contributed by atoms with van der Waals surface area (Å²) in [7, 11) is 1.71. The SMILES string of the molecule is CN(Cc1nc(-c2ccc(C(C)(C)C)cc2)no1)C(=O)COc1ccc2c(c1)CCCC2. The monoisotopic (exact) mass is 433 g/mol. The molecule has 1 aromatic heterocycles. The van der Waals surface area contributed by atoms with Gasteiger partial charge in [-0.05, 0) is 59.9 Å². The molecule has 1 amide bonds. The van der Waals surface area contributed by atoms with Gasteiger partial charge in [0, 0.05) is 12.6 Å². The Kier molecular flexibility index (Phi) is 6.31. The number of hydrogen-bond donors (Lipinski definition) is 0. The van der Waals surface area contributed by atoms with E-state index >= 15 is 0 Å². The molecule has 0 N–H and O–H groups in total. The highest BCUT2D eigenvalue weighted by Crippen LogP contribution is 2.26. The highest BCUT2D eigenvalue weighted by molar-refractivity contribution is 5.77. The molecule has 1 aliphatic carbocycles. The van der Waals surface area contributed by atoms with Gasteiger partial charge in [-0.3, -0.25) is 4.79 Å². The van der Waals surface area contributed by atoms with E-state index in [-0.39, 0.29) is 24.5 Å². The van der Waals surface area contributed by atoms with Gasteiger partial charge in [0.05, 0.1) is 6.54 Å². The van der Waals surface area contributed by atoms with E-state index in [0.29, 0.717) is 11.7 Å². The summed E-state index contributed by atoms with van der Waals surface area (Å²) in [4.78, 5) is 18.5. The quantitative estimate of drug-likeness (QED) is 0.550. The van der Waals surface area contributed by atoms with Gasteiger partial charge < -0.3 is 14.2 Å². The third-order valence-electron chi connectivity index (χ3n) is 5.96. The second-order valence-corrected chi connectivity index (χ2v) is 9.52. The Morgan fingerprint density at radius 2 is 1.78 bits per heavy atom. The summed E-state index contributed by atoms with van der Waals surface area (Å²) in [6.45, 7) is 6.74. The first-order valence-corrected chi connectivity index (χ1v) is 11.2. The molecule has 0 radical (unpaired) electrons. The minimum absolute atomic E-state index is 0.0233. The first-order chi connectivity index (χ1) is 15.3. The summed E-state index contributed by atoms with van der Waals surface area (Å²) in [5, 5.41) is 4.07. The minimum Gasteiger partial charge on any atom is -0.484 e. The van der Waals surface area contributed by atoms with Crippen molar-refractivity contribution in [1.29, 1.82) is 0 Å². The van der Waals surface area contributed by atoms with Crippen molar-refractivity contribution in [2.24, 2.45) is 0 Å². The fourth-order valence-electron chi connectivity index (χ4n) is 3.90. The average molecular weight is 434 g/mol. The second kappa shape index (κ2) is 9.15. The number of aryl methyl sites for hydroxylation is 2. The summed E-state index contributed by atoms with van der Waals surface area (Å²) in [6.07, 6.45) is 4.67. The Hall–Kier alpha value is -3.15. The molecule has 32 heavy (non-hydrogen) atoms. The van der Waals surface area contributed by atoms with Crippen LogP contribution in [0.15, 0.2) is 47.0 Å². The van der Waals surface area contributed by atoms with E-state index in [1.54, 1.807) is 11.9 Å². The summed E-state index contributed by atoms with van der Waals surface area (Å²) in [6, 6.07) is 14.3. The Balaban J connectivity index is 1.32. The van der Waals surface area contributed by atoms with Crippen LogP contribution in [0.2, 0.25) is 0 Å². The van der Waals surface area contributed by atoms with Crippen molar-refractivity contribution in [2.45, 2.75) is 58.4 Å². The van der Waals surface area contributed by atoms with Crippen LogP contribution in [0.1, 0.15) is 56.2 Å². The number of benzene rings is 2. The summed E-state index contributed by atoms with van der Waals surface area (Å²) in [5.41, 5.74) is 4.95. The van der Waals surface area contributed by atoms with Gasteiger partial charge in [0.15, 0.2) is 6.61 Å². The molecule has 0 saturated carbocycles. The van der Waals surface area contributed by atoms with Gasteiger partial charge in [0.1, 0.15) is 5.75 Å². The van der Waals surface area contributed by atoms with Crippen molar-refractivity contribution in [2.75, 3.05) is 13.7 Å². The first-order valence-electron chi connectivity index (χ1n) is 11.2. The molecule has 0 atom stereocenters. The van der Waals surface area contributed by atoms with Crippen molar-refractivity contribution in [1.82, 2.24) is 15.0 Å². The van der Waals surface area contributed by atoms with Crippen LogP contribution in [-0.2, 0) is 29.6 Å². The van der Waals surface area contributed by atoms with Gasteiger partial charge >= 0.3 is 0 Å². The van der Waals surface area contributed by atoms with Gasteiger partial charge in [-0.15, -0.1) is 0 Å². The lowest BCUT2D eigenvalue weighted by Gasteiger charge is -2.18. The molecule has 3 aromatic rings. The van der Waals surface area contributed by atoms with Crippen LogP contribution in [0.4, 0.5) is 0 Å². The largest absolute Gasteiger partial charge is 0.484 e. The Labute approximate surface area is 189 Å². The zero-order valence-corrected chi connectivity index (χ0v) is 19.4. The predicted molar refractivity (Wildman–Crippen MR) is 123 cm³/mol. The number of hydrogen-bond acceptors (Lipinski definition) is 5. The third kappa shape index (κ3) is 5.18. The van der Waals surface area contributed by atoms with E-state index < -0.39 is 0 Å². The number of ether oxygens (including phenoxy) is 1. The fraction of sp³-hybridized carbons (Fsp3) is 0.423. The highest BCUT2D eigenvalue weighted by atomic mass is 16.5. The second-order valence-electron chi connectivity index (χ2n) is 9.52. The maximum atomic E-state index is 12.5. The van der Waals surface area contributed by atoms with Gasteiger partial charge in [-0.25, -0.2) is 0 Å². The summed E-state index contributed by atoms with van der Waals surface area (Å²) >= 11 is 0. The molecule has 1 heterocycles. The van der Waals surface area contributed by atoms with Crippen molar-refractivity contribution in [3.8, 4) is 17.1 Å². The Morgan fingerprint density at radius 1 is 1.06 bits per heavy atom. The van der Waals surface area contributed by atoms with Crippen LogP contribution < -0.4 is 4.74 Å². The number of carbonyl (C=O) groups excluding carboxylic acids is 1. The summed E-state index contributed by atoms with van der Waals surface area (Å²) in [5.74, 6) is 1.51. The molecule has 0 bridgehead atoms. The van der Waals surface area contributed by atoms with Crippen LogP contribution in [0.25, 0.3) is 11.4 Å². The van der Waals surface area contributed by atoms with Gasteiger partial charge in [0.2, 0.25) is 11.7 Å². The number of rotatable bonds is 6. The smallest absolute Gasteiger partial charge is 0.260 e. The van der Waals surface area contributed by atoms with Gasteiger partial charge in [-0.1, -0.05) is 56.3 Å². The molecule has 168 valence electrons. The molecule has 6 heteroatoms. The average Bonchev–Trinajstić information content (AvgIpc) is 3.25. The standard InChI is InChI=1S/C26H31N3O3/c1-26(2,3)21-12-9-19(10-13-21)25-27-23(32-28-25)16-29(4)24(30)17-31-22-14-11-18-7-5-6-8-20(18)15-22/h9-15H,5-8,16-17H2,1-4H3. The molecule has 6 nitrogen and oxygen atoms in total. The maximum absolute atomic E-state index is 12.5. The fourth-order valence-corrected chi connectivity index (χ4v) is 3.90. The molecule has 2 aromatic carbocycles. The summed E-state index contributed by atoms with van der Waals surface area (Å²) < 4.78 is 11.1. The van der Waals surface area contributed by atoms with Crippen molar-refractivity contribution in [3.63, 3.8) is 0 Å². The number of nitrogens with zero attached hydrogens (tertiary/aromatic N) is 3. The van der Waals surface area contributed by atoms with E-state index in [1.165, 1.54) is 29.5 Å². The number of amides is 1. The minimum atomic E-state index is -0.142. The molecule has 0 aliphatic heterocycles. The van der Waals surface area contributed by atoms with Crippen molar-refractivity contribution in [3.05, 3.63) is 65.0 Å². The molecule has 1 aliphatic rings. The maximum Gasteiger partial charge on any atom is 0.260 e. The van der Waals surface area contributed by atoms with E-state index in [2.05, 4.69) is 55.2 Å². The van der Waals surface area contributed by atoms with Gasteiger partial charge in [0.25, 0.3) is 5.91 Å². The zero-order chi connectivity index (χ0) is 22.7. The molecule has 0 unspecified atom stereocenters. The molecule has 4 rings (SSSR count). The number of aromatic nitrogens is 2. The van der Waals surface area contributed by atoms with Crippen LogP contribution in [0, 0.1) is 0 Å². The molecule has 0 fully saturated rings. The van der Waals surface area contributed by atoms with E-state index in [1.807, 2.05) is 18.2 Å². The topological polar surface area (TPSA) is 68.5 Å². The van der Waals surface area contributed by atoms with Gasteiger partial charge in [-0.2, -0.15) is 4.98 Å². The van der Waals surface area contributed by atoms with E-state index in [0.717, 1.165) is 24.2 Å². The van der Waals surface area contributed by atoms with Crippen molar-refractivity contribution < 1.29 is 14.1 Å². The Morgan fingerprint density at radius 3 is 2.50 bits per heavy atom. The molecule has 0 spiro atoms. The molecule has 0 saturated heterocycles. The first kappa shape index (κ1) is 22.1. The number of carbonyl (C=O) groups is 1. The lowest BCUT2D eigenvalue weighted by molar-refractivity contribution is -0.132. The van der Waals surface area contributed by atoms with E-state index in [4.69, 9.17) is 9.26 Å². The Bertz CT molecular complexity index is 1080. The highest BCUT2D eigenvalue weighted by Gasteiger charge is 2.17. The molecular weight excluding hydrogens is 402 g/mol. The number of likely N-dealkylation sites (N-methyl/N-ethyl adjacent to an activating group) is 1. The van der Waals surface area contributed by atoms with Crippen LogP contribution in [0.5, 0.6) is 5.75 Å². The molecular formula is C26H31N3O3. The van der Waals surface area contributed by atoms with Crippen LogP contribution in [0.3, 0.4) is 0 Å². The van der Waals surface area contributed by atoms with Crippen molar-refractivity contribution >= 4 is 5.91 Å². The predicted octanol–water partition coefficient (Wildman–Crippen LogP) is 4.95. The lowest BCUT2D eigenvalue weighted by Crippen LogP contribution is -2.31. The lowest BCUT2D eigenvalue weighted by atomic mass is 9.87.